The molecular weight excluding hydrogens is 252 g/mol. The molecule has 0 saturated heterocycles. The highest BCUT2D eigenvalue weighted by Gasteiger charge is 2.22. The molecule has 100 valence electrons. The zero-order chi connectivity index (χ0) is 13.2. The summed E-state index contributed by atoms with van der Waals surface area (Å²) in [6.07, 6.45) is 4.76. The van der Waals surface area contributed by atoms with Crippen molar-refractivity contribution in [3.63, 3.8) is 0 Å². The molecule has 0 fully saturated rings. The van der Waals surface area contributed by atoms with Gasteiger partial charge in [-0.25, -0.2) is 4.98 Å². The van der Waals surface area contributed by atoms with Gasteiger partial charge in [-0.2, -0.15) is 0 Å². The second-order valence-electron chi connectivity index (χ2n) is 5.09. The van der Waals surface area contributed by atoms with Crippen LogP contribution >= 0.6 is 11.3 Å². The summed E-state index contributed by atoms with van der Waals surface area (Å²) in [6, 6.07) is 9.14. The summed E-state index contributed by atoms with van der Waals surface area (Å²) in [6.45, 7) is 2.19. The van der Waals surface area contributed by atoms with Gasteiger partial charge in [-0.05, 0) is 43.9 Å². The second-order valence-corrected chi connectivity index (χ2v) is 6.21. The fraction of sp³-hybridized carbons (Fsp3) is 0.438. The van der Waals surface area contributed by atoms with E-state index in [1.807, 2.05) is 18.4 Å². The minimum Gasteiger partial charge on any atom is -0.307 e. The average Bonchev–Trinajstić information content (AvgIpc) is 3.02. The molecule has 2 nitrogen and oxygen atoms in total. The molecule has 3 heteroatoms. The van der Waals surface area contributed by atoms with E-state index < -0.39 is 0 Å². The highest BCUT2D eigenvalue weighted by atomic mass is 32.1. The van der Waals surface area contributed by atoms with Gasteiger partial charge < -0.3 is 5.32 Å². The third-order valence-corrected chi connectivity index (χ3v) is 5.09. The molecule has 1 unspecified atom stereocenters. The molecule has 0 spiro atoms. The van der Waals surface area contributed by atoms with E-state index in [-0.39, 0.29) is 6.04 Å². The van der Waals surface area contributed by atoms with Gasteiger partial charge in [0.15, 0.2) is 0 Å². The highest BCUT2D eigenvalue weighted by molar-refractivity contribution is 7.11. The van der Waals surface area contributed by atoms with Gasteiger partial charge in [0.1, 0.15) is 5.01 Å². The first kappa shape index (κ1) is 12.8. The van der Waals surface area contributed by atoms with Crippen LogP contribution in [-0.4, -0.2) is 12.0 Å². The Balaban J connectivity index is 1.90. The Morgan fingerprint density at radius 3 is 2.68 bits per heavy atom. The van der Waals surface area contributed by atoms with Crippen molar-refractivity contribution < 1.29 is 0 Å². The summed E-state index contributed by atoms with van der Waals surface area (Å²) in [7, 11) is 2.02. The highest BCUT2D eigenvalue weighted by Crippen LogP contribution is 2.33. The van der Waals surface area contributed by atoms with E-state index in [4.69, 9.17) is 4.98 Å². The van der Waals surface area contributed by atoms with E-state index >= 15 is 0 Å². The minimum absolute atomic E-state index is 0.238. The van der Waals surface area contributed by atoms with Crippen molar-refractivity contribution in [3.8, 4) is 0 Å². The van der Waals surface area contributed by atoms with Crippen LogP contribution in [0.4, 0.5) is 0 Å². The van der Waals surface area contributed by atoms with E-state index in [0.29, 0.717) is 0 Å². The maximum absolute atomic E-state index is 4.84. The van der Waals surface area contributed by atoms with Crippen LogP contribution in [0.15, 0.2) is 24.3 Å². The second kappa shape index (κ2) is 5.43. The van der Waals surface area contributed by atoms with Gasteiger partial charge in [0, 0.05) is 4.88 Å². The van der Waals surface area contributed by atoms with Gasteiger partial charge in [-0.3, -0.25) is 0 Å². The summed E-state index contributed by atoms with van der Waals surface area (Å²) in [5.74, 6) is 0. The summed E-state index contributed by atoms with van der Waals surface area (Å²) < 4.78 is 0. The Morgan fingerprint density at radius 1 is 1.26 bits per heavy atom. The molecule has 2 aromatic rings. The van der Waals surface area contributed by atoms with Crippen LogP contribution in [0.5, 0.6) is 0 Å². The van der Waals surface area contributed by atoms with E-state index in [1.54, 1.807) is 0 Å². The van der Waals surface area contributed by atoms with Crippen molar-refractivity contribution in [2.24, 2.45) is 0 Å². The summed E-state index contributed by atoms with van der Waals surface area (Å²) >= 11 is 1.89. The van der Waals surface area contributed by atoms with Crippen molar-refractivity contribution in [2.75, 3.05) is 7.05 Å². The lowest BCUT2D eigenvalue weighted by atomic mass is 10.0. The number of aryl methyl sites for hydroxylation is 3. The van der Waals surface area contributed by atoms with Gasteiger partial charge in [0.2, 0.25) is 0 Å². The van der Waals surface area contributed by atoms with Crippen LogP contribution in [0.1, 0.15) is 46.1 Å². The quantitative estimate of drug-likeness (QED) is 0.921. The van der Waals surface area contributed by atoms with E-state index in [2.05, 4.69) is 36.5 Å². The molecule has 1 aromatic heterocycles. The normalized spacial score (nSPS) is 15.5. The zero-order valence-corrected chi connectivity index (χ0v) is 12.4. The van der Waals surface area contributed by atoms with Gasteiger partial charge in [0.05, 0.1) is 11.7 Å². The van der Waals surface area contributed by atoms with Crippen LogP contribution in [0.25, 0.3) is 0 Å². The van der Waals surface area contributed by atoms with Gasteiger partial charge >= 0.3 is 0 Å². The van der Waals surface area contributed by atoms with Crippen molar-refractivity contribution in [1.82, 2.24) is 10.3 Å². The van der Waals surface area contributed by atoms with Crippen LogP contribution < -0.4 is 5.32 Å². The van der Waals surface area contributed by atoms with Crippen molar-refractivity contribution in [1.29, 1.82) is 0 Å². The molecule has 1 aromatic carbocycles. The topological polar surface area (TPSA) is 24.9 Å². The first-order chi connectivity index (χ1) is 9.31. The van der Waals surface area contributed by atoms with Crippen LogP contribution in [0.3, 0.4) is 0 Å². The molecule has 0 saturated carbocycles. The SMILES string of the molecule is CCc1ccc(C(NC)c2nc3c(s2)CCC3)cc1. The molecule has 0 aliphatic heterocycles. The predicted octanol–water partition coefficient (Wildman–Crippen LogP) is 3.50. The van der Waals surface area contributed by atoms with E-state index in [1.165, 1.54) is 39.5 Å². The molecule has 1 N–H and O–H groups in total. The number of nitrogens with zero attached hydrogens (tertiary/aromatic N) is 1. The minimum atomic E-state index is 0.238. The molecule has 1 heterocycles. The summed E-state index contributed by atoms with van der Waals surface area (Å²) in [5, 5.41) is 4.63. The molecule has 1 aliphatic carbocycles. The van der Waals surface area contributed by atoms with Crippen LogP contribution in [-0.2, 0) is 19.3 Å². The molecule has 1 aliphatic rings. The van der Waals surface area contributed by atoms with E-state index in [0.717, 1.165) is 12.8 Å². The van der Waals surface area contributed by atoms with Crippen LogP contribution in [0, 0.1) is 0 Å². The number of rotatable bonds is 4. The smallest absolute Gasteiger partial charge is 0.115 e. The molecule has 0 bridgehead atoms. The number of hydrogen-bond donors (Lipinski definition) is 1. The Bertz CT molecular complexity index is 535. The lowest BCUT2D eigenvalue weighted by molar-refractivity contribution is 0.682. The summed E-state index contributed by atoms with van der Waals surface area (Å²) in [4.78, 5) is 6.34. The summed E-state index contributed by atoms with van der Waals surface area (Å²) in [5.41, 5.74) is 4.04. The molecular formula is C16H20N2S. The van der Waals surface area contributed by atoms with Crippen molar-refractivity contribution in [3.05, 3.63) is 51.0 Å². The van der Waals surface area contributed by atoms with E-state index in [9.17, 15) is 0 Å². The number of fused-ring (bicyclic) bond motifs is 1. The maximum Gasteiger partial charge on any atom is 0.115 e. The standard InChI is InChI=1S/C16H20N2S/c1-3-11-7-9-12(10-8-11)15(17-2)16-18-13-5-4-6-14(13)19-16/h7-10,15,17H,3-6H2,1-2H3. The average molecular weight is 272 g/mol. The van der Waals surface area contributed by atoms with Gasteiger partial charge in [-0.15, -0.1) is 11.3 Å². The predicted molar refractivity (Wildman–Crippen MR) is 80.9 cm³/mol. The lowest BCUT2D eigenvalue weighted by Crippen LogP contribution is -2.17. The number of thiazole rings is 1. The number of hydrogen-bond acceptors (Lipinski definition) is 3. The molecule has 3 rings (SSSR count). The molecule has 19 heavy (non-hydrogen) atoms. The Hall–Kier alpha value is -1.19. The zero-order valence-electron chi connectivity index (χ0n) is 11.6. The first-order valence-electron chi connectivity index (χ1n) is 7.06. The Labute approximate surface area is 118 Å². The third kappa shape index (κ3) is 2.45. The fourth-order valence-corrected chi connectivity index (χ4v) is 4.00. The van der Waals surface area contributed by atoms with Crippen LogP contribution in [0.2, 0.25) is 0 Å². The van der Waals surface area contributed by atoms with Crippen molar-refractivity contribution >= 4 is 11.3 Å². The number of aromatic nitrogens is 1. The molecule has 1 atom stereocenters. The van der Waals surface area contributed by atoms with Gasteiger partial charge in [-0.1, -0.05) is 31.2 Å². The number of nitrogens with one attached hydrogen (secondary N) is 1. The Kier molecular flexibility index (Phi) is 3.67. The number of benzene rings is 1. The molecule has 0 amide bonds. The maximum atomic E-state index is 4.84. The largest absolute Gasteiger partial charge is 0.307 e. The third-order valence-electron chi connectivity index (χ3n) is 3.87. The Morgan fingerprint density at radius 2 is 2.05 bits per heavy atom. The molecule has 0 radical (unpaired) electrons. The van der Waals surface area contributed by atoms with Gasteiger partial charge in [0.25, 0.3) is 0 Å². The monoisotopic (exact) mass is 272 g/mol. The van der Waals surface area contributed by atoms with Crippen molar-refractivity contribution in [2.45, 2.75) is 38.6 Å². The first-order valence-corrected chi connectivity index (χ1v) is 7.88. The lowest BCUT2D eigenvalue weighted by Gasteiger charge is -2.14. The fourth-order valence-electron chi connectivity index (χ4n) is 2.71.